The molecule has 0 atom stereocenters. The molecule has 2 aromatic heterocycles. The van der Waals surface area contributed by atoms with Crippen molar-refractivity contribution in [2.75, 3.05) is 5.32 Å². The number of aromatic nitrogens is 2. The van der Waals surface area contributed by atoms with E-state index in [1.54, 1.807) is 37.5 Å². The van der Waals surface area contributed by atoms with Crippen LogP contribution >= 0.6 is 11.3 Å². The Bertz CT molecular complexity index is 873. The van der Waals surface area contributed by atoms with Gasteiger partial charge in [-0.25, -0.2) is 9.37 Å². The van der Waals surface area contributed by atoms with E-state index in [1.807, 2.05) is 12.1 Å². The summed E-state index contributed by atoms with van der Waals surface area (Å²) < 4.78 is 12.9. The molecule has 0 spiro atoms. The molecule has 3 rings (SSSR count). The Hall–Kier alpha value is -2.86. The molecule has 2 heterocycles. The molecule has 0 aliphatic rings. The van der Waals surface area contributed by atoms with E-state index in [9.17, 15) is 9.18 Å². The molecule has 0 saturated heterocycles. The molecule has 0 fully saturated rings. The standard InChI is InChI=1S/C18H14FN3OS/c1-12-17(16(23)9-6-13-4-7-14(19)8-5-13)24-18(21-12)22-15-3-2-10-20-11-15/h2-11H,1H3,(H,21,22)/b9-6+. The number of nitrogens with zero attached hydrogens (tertiary/aromatic N) is 2. The first-order valence-corrected chi connectivity index (χ1v) is 8.06. The van der Waals surface area contributed by atoms with Crippen LogP contribution in [0.2, 0.25) is 0 Å². The van der Waals surface area contributed by atoms with Crippen molar-refractivity contribution in [3.8, 4) is 0 Å². The maximum absolute atomic E-state index is 12.9. The lowest BCUT2D eigenvalue weighted by Crippen LogP contribution is -1.93. The van der Waals surface area contributed by atoms with Gasteiger partial charge in [-0.1, -0.05) is 29.5 Å². The third kappa shape index (κ3) is 3.91. The third-order valence-electron chi connectivity index (χ3n) is 3.23. The zero-order valence-corrected chi connectivity index (χ0v) is 13.7. The van der Waals surface area contributed by atoms with Gasteiger partial charge < -0.3 is 5.32 Å². The van der Waals surface area contributed by atoms with Gasteiger partial charge in [-0.05, 0) is 42.8 Å². The van der Waals surface area contributed by atoms with E-state index in [-0.39, 0.29) is 11.6 Å². The van der Waals surface area contributed by atoms with E-state index < -0.39 is 0 Å². The molecule has 6 heteroatoms. The topological polar surface area (TPSA) is 54.9 Å². The highest BCUT2D eigenvalue weighted by Gasteiger charge is 2.13. The number of ketones is 1. The van der Waals surface area contributed by atoms with Gasteiger partial charge in [0.2, 0.25) is 0 Å². The molecule has 3 aromatic rings. The fraction of sp³-hybridized carbons (Fsp3) is 0.0556. The number of anilines is 2. The molecule has 0 bridgehead atoms. The van der Waals surface area contributed by atoms with Crippen LogP contribution in [0.25, 0.3) is 6.08 Å². The van der Waals surface area contributed by atoms with Gasteiger partial charge in [0.1, 0.15) is 5.82 Å². The summed E-state index contributed by atoms with van der Waals surface area (Å²) in [7, 11) is 0. The van der Waals surface area contributed by atoms with E-state index in [4.69, 9.17) is 0 Å². The van der Waals surface area contributed by atoms with Crippen LogP contribution in [0.1, 0.15) is 20.9 Å². The first kappa shape index (κ1) is 16.0. The fourth-order valence-corrected chi connectivity index (χ4v) is 2.97. The number of halogens is 1. The van der Waals surface area contributed by atoms with E-state index in [0.29, 0.717) is 15.7 Å². The second kappa shape index (κ2) is 7.14. The molecular weight excluding hydrogens is 325 g/mol. The summed E-state index contributed by atoms with van der Waals surface area (Å²) in [6.45, 7) is 1.80. The first-order chi connectivity index (χ1) is 11.6. The van der Waals surface area contributed by atoms with Gasteiger partial charge in [0, 0.05) is 6.20 Å². The first-order valence-electron chi connectivity index (χ1n) is 7.24. The van der Waals surface area contributed by atoms with E-state index >= 15 is 0 Å². The van der Waals surface area contributed by atoms with Crippen molar-refractivity contribution in [3.05, 3.63) is 76.8 Å². The van der Waals surface area contributed by atoms with Crippen LogP contribution in [-0.2, 0) is 0 Å². The molecular formula is C18H14FN3OS. The van der Waals surface area contributed by atoms with Crippen molar-refractivity contribution >= 4 is 34.0 Å². The predicted molar refractivity (Wildman–Crippen MR) is 94.1 cm³/mol. The summed E-state index contributed by atoms with van der Waals surface area (Å²) in [6, 6.07) is 9.65. The lowest BCUT2D eigenvalue weighted by atomic mass is 10.2. The molecule has 0 saturated carbocycles. The van der Waals surface area contributed by atoms with E-state index in [2.05, 4.69) is 15.3 Å². The number of rotatable bonds is 5. The summed E-state index contributed by atoms with van der Waals surface area (Å²) in [5.41, 5.74) is 2.24. The number of hydrogen-bond donors (Lipinski definition) is 1. The van der Waals surface area contributed by atoms with Crippen molar-refractivity contribution in [1.82, 2.24) is 9.97 Å². The molecule has 1 N–H and O–H groups in total. The second-order valence-electron chi connectivity index (χ2n) is 5.05. The van der Waals surface area contributed by atoms with E-state index in [0.717, 1.165) is 11.3 Å². The smallest absolute Gasteiger partial charge is 0.197 e. The maximum atomic E-state index is 12.9. The molecule has 0 aliphatic heterocycles. The van der Waals surface area contributed by atoms with Crippen molar-refractivity contribution in [2.45, 2.75) is 6.92 Å². The molecule has 1 aromatic carbocycles. The minimum atomic E-state index is -0.303. The number of thiazole rings is 1. The van der Waals surface area contributed by atoms with Crippen LogP contribution in [0.15, 0.2) is 54.9 Å². The van der Waals surface area contributed by atoms with Gasteiger partial charge in [-0.3, -0.25) is 9.78 Å². The van der Waals surface area contributed by atoms with Gasteiger partial charge in [0.15, 0.2) is 10.9 Å². The van der Waals surface area contributed by atoms with Crippen molar-refractivity contribution < 1.29 is 9.18 Å². The molecule has 24 heavy (non-hydrogen) atoms. The molecule has 0 unspecified atom stereocenters. The van der Waals surface area contributed by atoms with E-state index in [1.165, 1.54) is 29.5 Å². The highest BCUT2D eigenvalue weighted by atomic mass is 32.1. The Morgan fingerprint density at radius 3 is 2.75 bits per heavy atom. The summed E-state index contributed by atoms with van der Waals surface area (Å²) in [5, 5.41) is 3.76. The third-order valence-corrected chi connectivity index (χ3v) is 4.32. The van der Waals surface area contributed by atoms with Gasteiger partial charge in [0.05, 0.1) is 22.5 Å². The number of allylic oxidation sites excluding steroid dienone is 1. The Morgan fingerprint density at radius 2 is 2.04 bits per heavy atom. The Labute approximate surface area is 142 Å². The van der Waals surface area contributed by atoms with Gasteiger partial charge >= 0.3 is 0 Å². The minimum absolute atomic E-state index is 0.131. The predicted octanol–water partition coefficient (Wildman–Crippen LogP) is 4.63. The zero-order chi connectivity index (χ0) is 16.9. The summed E-state index contributed by atoms with van der Waals surface area (Å²) in [4.78, 5) is 21.3. The Kier molecular flexibility index (Phi) is 4.77. The monoisotopic (exact) mass is 339 g/mol. The second-order valence-corrected chi connectivity index (χ2v) is 6.05. The van der Waals surface area contributed by atoms with Crippen molar-refractivity contribution in [3.63, 3.8) is 0 Å². The van der Waals surface area contributed by atoms with Crippen LogP contribution in [0.3, 0.4) is 0 Å². The molecule has 4 nitrogen and oxygen atoms in total. The lowest BCUT2D eigenvalue weighted by Gasteiger charge is -1.99. The number of carbonyl (C=O) groups is 1. The Balaban J connectivity index is 1.74. The van der Waals surface area contributed by atoms with Crippen LogP contribution < -0.4 is 5.32 Å². The number of pyridine rings is 1. The molecule has 0 aliphatic carbocycles. The molecule has 0 radical (unpaired) electrons. The number of hydrogen-bond acceptors (Lipinski definition) is 5. The van der Waals surface area contributed by atoms with Crippen molar-refractivity contribution in [2.24, 2.45) is 0 Å². The summed E-state index contributed by atoms with van der Waals surface area (Å²) in [5.74, 6) is -0.434. The van der Waals surface area contributed by atoms with Crippen LogP contribution in [-0.4, -0.2) is 15.8 Å². The van der Waals surface area contributed by atoms with Crippen LogP contribution in [0.4, 0.5) is 15.2 Å². The van der Waals surface area contributed by atoms with Crippen LogP contribution in [0, 0.1) is 12.7 Å². The summed E-state index contributed by atoms with van der Waals surface area (Å²) in [6.07, 6.45) is 6.51. The average Bonchev–Trinajstić information content (AvgIpc) is 2.95. The SMILES string of the molecule is Cc1nc(Nc2cccnc2)sc1C(=O)/C=C/c1ccc(F)cc1. The van der Waals surface area contributed by atoms with Crippen molar-refractivity contribution in [1.29, 1.82) is 0 Å². The number of nitrogens with one attached hydrogen (secondary N) is 1. The number of benzene rings is 1. The largest absolute Gasteiger partial charge is 0.330 e. The maximum Gasteiger partial charge on any atom is 0.197 e. The Morgan fingerprint density at radius 1 is 1.25 bits per heavy atom. The molecule has 120 valence electrons. The van der Waals surface area contributed by atoms with Crippen LogP contribution in [0.5, 0.6) is 0 Å². The highest BCUT2D eigenvalue weighted by Crippen LogP contribution is 2.26. The zero-order valence-electron chi connectivity index (χ0n) is 12.9. The molecule has 0 amide bonds. The lowest BCUT2D eigenvalue weighted by molar-refractivity contribution is 0.105. The van der Waals surface area contributed by atoms with Gasteiger partial charge in [-0.15, -0.1) is 0 Å². The summed E-state index contributed by atoms with van der Waals surface area (Å²) >= 11 is 1.29. The minimum Gasteiger partial charge on any atom is -0.330 e. The average molecular weight is 339 g/mol. The highest BCUT2D eigenvalue weighted by molar-refractivity contribution is 7.17. The fourth-order valence-electron chi connectivity index (χ4n) is 2.06. The number of aryl methyl sites for hydroxylation is 1. The quantitative estimate of drug-likeness (QED) is 0.544. The van der Waals surface area contributed by atoms with Gasteiger partial charge in [-0.2, -0.15) is 0 Å². The van der Waals surface area contributed by atoms with Gasteiger partial charge in [0.25, 0.3) is 0 Å². The number of carbonyl (C=O) groups excluding carboxylic acids is 1. The normalized spacial score (nSPS) is 10.9.